The number of amides is 1. The fourth-order valence-electron chi connectivity index (χ4n) is 2.95. The number of hydrogen-bond donors (Lipinski definition) is 1. The first-order chi connectivity index (χ1) is 8.54. The standard InChI is InChI=1S/C14H25NO3/c1-4-7-15(6-3)13(16)11-8-10(5-2)9-12(11)14(17)18/h10-12H,4-9H2,1-3H3,(H,17,18)/t10?,11-,12+/m0/s1. The summed E-state index contributed by atoms with van der Waals surface area (Å²) < 4.78 is 0. The molecule has 3 atom stereocenters. The van der Waals surface area contributed by atoms with E-state index in [-0.39, 0.29) is 11.8 Å². The Hall–Kier alpha value is -1.06. The summed E-state index contributed by atoms with van der Waals surface area (Å²) in [7, 11) is 0. The van der Waals surface area contributed by atoms with E-state index in [2.05, 4.69) is 6.92 Å². The Morgan fingerprint density at radius 1 is 1.17 bits per heavy atom. The molecule has 4 nitrogen and oxygen atoms in total. The van der Waals surface area contributed by atoms with Crippen LogP contribution in [0, 0.1) is 17.8 Å². The zero-order valence-corrected chi connectivity index (χ0v) is 11.7. The van der Waals surface area contributed by atoms with Crippen molar-refractivity contribution in [3.05, 3.63) is 0 Å². The molecule has 0 saturated heterocycles. The number of hydrogen-bond acceptors (Lipinski definition) is 2. The van der Waals surface area contributed by atoms with Crippen molar-refractivity contribution in [1.29, 1.82) is 0 Å². The van der Waals surface area contributed by atoms with Gasteiger partial charge < -0.3 is 10.0 Å². The van der Waals surface area contributed by atoms with Gasteiger partial charge in [-0.3, -0.25) is 9.59 Å². The third kappa shape index (κ3) is 3.24. The normalized spacial score (nSPS) is 27.2. The number of carbonyl (C=O) groups excluding carboxylic acids is 1. The van der Waals surface area contributed by atoms with Crippen molar-refractivity contribution in [3.63, 3.8) is 0 Å². The Morgan fingerprint density at radius 2 is 1.78 bits per heavy atom. The van der Waals surface area contributed by atoms with Crippen LogP contribution in [-0.4, -0.2) is 35.0 Å². The van der Waals surface area contributed by atoms with Gasteiger partial charge >= 0.3 is 5.97 Å². The van der Waals surface area contributed by atoms with E-state index >= 15 is 0 Å². The molecule has 1 N–H and O–H groups in total. The lowest BCUT2D eigenvalue weighted by Gasteiger charge is -2.25. The summed E-state index contributed by atoms with van der Waals surface area (Å²) in [6.07, 6.45) is 3.28. The minimum Gasteiger partial charge on any atom is -0.481 e. The molecule has 0 radical (unpaired) electrons. The van der Waals surface area contributed by atoms with Crippen molar-refractivity contribution in [2.45, 2.75) is 46.5 Å². The maximum atomic E-state index is 12.4. The first-order valence-corrected chi connectivity index (χ1v) is 7.06. The molecular weight excluding hydrogens is 230 g/mol. The van der Waals surface area contributed by atoms with Gasteiger partial charge in [0.25, 0.3) is 0 Å². The smallest absolute Gasteiger partial charge is 0.307 e. The Kier molecular flexibility index (Phi) is 5.63. The zero-order chi connectivity index (χ0) is 13.7. The van der Waals surface area contributed by atoms with Crippen LogP contribution in [0.5, 0.6) is 0 Å². The van der Waals surface area contributed by atoms with Crippen LogP contribution in [0.1, 0.15) is 46.5 Å². The van der Waals surface area contributed by atoms with Gasteiger partial charge in [0.1, 0.15) is 0 Å². The number of carbonyl (C=O) groups is 2. The molecular formula is C14H25NO3. The first kappa shape index (κ1) is 15.0. The Labute approximate surface area is 109 Å². The zero-order valence-electron chi connectivity index (χ0n) is 11.7. The number of aliphatic carboxylic acids is 1. The van der Waals surface area contributed by atoms with Crippen molar-refractivity contribution in [2.75, 3.05) is 13.1 Å². The third-order valence-electron chi connectivity index (χ3n) is 4.06. The summed E-state index contributed by atoms with van der Waals surface area (Å²) >= 11 is 0. The molecule has 18 heavy (non-hydrogen) atoms. The van der Waals surface area contributed by atoms with Gasteiger partial charge in [0, 0.05) is 13.1 Å². The minimum atomic E-state index is -0.808. The Morgan fingerprint density at radius 3 is 2.22 bits per heavy atom. The summed E-state index contributed by atoms with van der Waals surface area (Å²) in [5.41, 5.74) is 0. The molecule has 0 bridgehead atoms. The molecule has 1 unspecified atom stereocenters. The average Bonchev–Trinajstić information content (AvgIpc) is 2.79. The third-order valence-corrected chi connectivity index (χ3v) is 4.06. The van der Waals surface area contributed by atoms with Crippen LogP contribution in [0.25, 0.3) is 0 Å². The number of nitrogens with zero attached hydrogens (tertiary/aromatic N) is 1. The highest BCUT2D eigenvalue weighted by molar-refractivity contribution is 5.85. The van der Waals surface area contributed by atoms with Crippen LogP contribution in [0.3, 0.4) is 0 Å². The quantitative estimate of drug-likeness (QED) is 0.792. The average molecular weight is 255 g/mol. The van der Waals surface area contributed by atoms with Gasteiger partial charge in [-0.15, -0.1) is 0 Å². The number of carboxylic acid groups (broad SMARTS) is 1. The van der Waals surface area contributed by atoms with Crippen LogP contribution in [0.15, 0.2) is 0 Å². The Bertz CT molecular complexity index is 303. The first-order valence-electron chi connectivity index (χ1n) is 7.06. The van der Waals surface area contributed by atoms with Crippen molar-refractivity contribution < 1.29 is 14.7 Å². The van der Waals surface area contributed by atoms with Crippen molar-refractivity contribution >= 4 is 11.9 Å². The van der Waals surface area contributed by atoms with Gasteiger partial charge in [-0.05, 0) is 32.1 Å². The molecule has 1 amide bonds. The van der Waals surface area contributed by atoms with Crippen LogP contribution in [-0.2, 0) is 9.59 Å². The van der Waals surface area contributed by atoms with Crippen LogP contribution in [0.2, 0.25) is 0 Å². The van der Waals surface area contributed by atoms with E-state index in [9.17, 15) is 14.7 Å². The maximum absolute atomic E-state index is 12.4. The summed E-state index contributed by atoms with van der Waals surface area (Å²) in [5.74, 6) is -1.16. The molecule has 1 saturated carbocycles. The second-order valence-electron chi connectivity index (χ2n) is 5.21. The molecule has 104 valence electrons. The predicted octanol–water partition coefficient (Wildman–Crippen LogP) is 2.38. The fourth-order valence-corrected chi connectivity index (χ4v) is 2.95. The van der Waals surface area contributed by atoms with Crippen molar-refractivity contribution in [2.24, 2.45) is 17.8 Å². The molecule has 1 aliphatic carbocycles. The number of rotatable bonds is 6. The Balaban J connectivity index is 2.78. The molecule has 0 aromatic heterocycles. The molecule has 4 heteroatoms. The molecule has 1 rings (SSSR count). The second kappa shape index (κ2) is 6.76. The molecule has 0 aromatic rings. The molecule has 0 heterocycles. The van der Waals surface area contributed by atoms with E-state index in [0.717, 1.165) is 25.8 Å². The summed E-state index contributed by atoms with van der Waals surface area (Å²) in [6, 6.07) is 0. The van der Waals surface area contributed by atoms with E-state index in [0.29, 0.717) is 18.9 Å². The highest BCUT2D eigenvalue weighted by atomic mass is 16.4. The van der Waals surface area contributed by atoms with Gasteiger partial charge in [-0.2, -0.15) is 0 Å². The molecule has 0 aliphatic heterocycles. The van der Waals surface area contributed by atoms with Crippen LogP contribution < -0.4 is 0 Å². The van der Waals surface area contributed by atoms with Gasteiger partial charge in [0.2, 0.25) is 5.91 Å². The topological polar surface area (TPSA) is 57.6 Å². The highest BCUT2D eigenvalue weighted by Gasteiger charge is 2.43. The van der Waals surface area contributed by atoms with E-state index in [1.807, 2.05) is 13.8 Å². The summed E-state index contributed by atoms with van der Waals surface area (Å²) in [4.78, 5) is 25.5. The van der Waals surface area contributed by atoms with E-state index in [4.69, 9.17) is 0 Å². The summed E-state index contributed by atoms with van der Waals surface area (Å²) in [6.45, 7) is 7.46. The van der Waals surface area contributed by atoms with Gasteiger partial charge in [-0.1, -0.05) is 20.3 Å². The molecule has 1 fully saturated rings. The lowest BCUT2D eigenvalue weighted by molar-refractivity contribution is -0.149. The lowest BCUT2D eigenvalue weighted by Crippen LogP contribution is -2.39. The van der Waals surface area contributed by atoms with E-state index < -0.39 is 11.9 Å². The van der Waals surface area contributed by atoms with Crippen molar-refractivity contribution in [3.8, 4) is 0 Å². The molecule has 1 aliphatic rings. The number of carboxylic acids is 1. The van der Waals surface area contributed by atoms with Crippen molar-refractivity contribution in [1.82, 2.24) is 4.90 Å². The lowest BCUT2D eigenvalue weighted by atomic mass is 9.94. The van der Waals surface area contributed by atoms with E-state index in [1.165, 1.54) is 0 Å². The molecule has 0 spiro atoms. The highest BCUT2D eigenvalue weighted by Crippen LogP contribution is 2.39. The van der Waals surface area contributed by atoms with Crippen LogP contribution >= 0.6 is 0 Å². The van der Waals surface area contributed by atoms with Crippen LogP contribution in [0.4, 0.5) is 0 Å². The monoisotopic (exact) mass is 255 g/mol. The van der Waals surface area contributed by atoms with Gasteiger partial charge in [0.15, 0.2) is 0 Å². The fraction of sp³-hybridized carbons (Fsp3) is 0.857. The minimum absolute atomic E-state index is 0.0442. The van der Waals surface area contributed by atoms with E-state index in [1.54, 1.807) is 4.90 Å². The molecule has 0 aromatic carbocycles. The predicted molar refractivity (Wildman–Crippen MR) is 70.2 cm³/mol. The maximum Gasteiger partial charge on any atom is 0.307 e. The van der Waals surface area contributed by atoms with Gasteiger partial charge in [0.05, 0.1) is 11.8 Å². The summed E-state index contributed by atoms with van der Waals surface area (Å²) in [5, 5.41) is 9.26. The second-order valence-corrected chi connectivity index (χ2v) is 5.21. The van der Waals surface area contributed by atoms with Gasteiger partial charge in [-0.25, -0.2) is 0 Å². The largest absolute Gasteiger partial charge is 0.481 e. The SMILES string of the molecule is CCCN(CC)C(=O)[C@H]1CC(CC)C[C@H]1C(=O)O.